The van der Waals surface area contributed by atoms with E-state index in [1.54, 1.807) is 24.3 Å². The number of hydrogen-bond acceptors (Lipinski definition) is 7. The molecule has 1 aromatic heterocycles. The molecule has 5 unspecified atom stereocenters. The van der Waals surface area contributed by atoms with Crippen molar-refractivity contribution < 1.29 is 33.2 Å². The van der Waals surface area contributed by atoms with Gasteiger partial charge in [0.2, 0.25) is 0 Å². The van der Waals surface area contributed by atoms with E-state index in [1.807, 2.05) is 0 Å². The molecule has 5 atom stereocenters. The molecule has 4 rings (SSSR count). The third-order valence-corrected chi connectivity index (χ3v) is 6.38. The van der Waals surface area contributed by atoms with E-state index >= 15 is 0 Å². The number of ether oxygens (including phenoxy) is 1. The van der Waals surface area contributed by atoms with Gasteiger partial charge >= 0.3 is 0 Å². The van der Waals surface area contributed by atoms with Crippen molar-refractivity contribution in [3.63, 3.8) is 0 Å². The number of nitrogens with zero attached hydrogens (tertiary/aromatic N) is 3. The highest BCUT2D eigenvalue weighted by Crippen LogP contribution is 2.38. The Morgan fingerprint density at radius 3 is 2.47 bits per heavy atom. The first-order valence-electron chi connectivity index (χ1n) is 9.40. The summed E-state index contributed by atoms with van der Waals surface area (Å²) in [6.07, 6.45) is -2.48. The lowest BCUT2D eigenvalue weighted by Crippen LogP contribution is -2.55. The third kappa shape index (κ3) is 4.49. The molecule has 7 nitrogen and oxygen atoms in total. The summed E-state index contributed by atoms with van der Waals surface area (Å²) >= 11 is 7.13. The van der Waals surface area contributed by atoms with Crippen molar-refractivity contribution in [2.45, 2.75) is 34.7 Å². The van der Waals surface area contributed by atoms with Crippen molar-refractivity contribution in [3.05, 3.63) is 65.1 Å². The van der Waals surface area contributed by atoms with Crippen LogP contribution in [0.25, 0.3) is 11.3 Å². The van der Waals surface area contributed by atoms with Crippen LogP contribution < -0.4 is 0 Å². The molecule has 32 heavy (non-hydrogen) atoms. The molecular formula is C20H17ClF3N3O4S. The Morgan fingerprint density at radius 2 is 1.81 bits per heavy atom. The van der Waals surface area contributed by atoms with Gasteiger partial charge in [-0.15, -0.1) is 5.10 Å². The van der Waals surface area contributed by atoms with Crippen LogP contribution in [0.1, 0.15) is 6.04 Å². The topological polar surface area (TPSA) is 101 Å². The molecule has 2 heterocycles. The van der Waals surface area contributed by atoms with Crippen LogP contribution in [-0.2, 0) is 4.74 Å². The maximum atomic E-state index is 13.6. The average Bonchev–Trinajstić information content (AvgIpc) is 3.23. The molecule has 3 aromatic rings. The van der Waals surface area contributed by atoms with Crippen molar-refractivity contribution in [1.82, 2.24) is 15.0 Å². The van der Waals surface area contributed by atoms with Crippen LogP contribution in [-0.4, -0.2) is 60.7 Å². The first-order chi connectivity index (χ1) is 15.3. The zero-order valence-electron chi connectivity index (χ0n) is 16.1. The highest BCUT2D eigenvalue weighted by atomic mass is 35.5. The van der Waals surface area contributed by atoms with E-state index in [2.05, 4.69) is 10.3 Å². The standard InChI is InChI=1S/C20H17ClF3N3O4S/c21-10-2-1-3-11(6-10)32-20-19(30)17(18(29)15(8-28)31-20)27-7-14(25-26-27)9-4-12(22)16(24)13(23)5-9/h1-7,15,17-20,28-30H,8H2. The predicted molar refractivity (Wildman–Crippen MR) is 109 cm³/mol. The average molecular weight is 488 g/mol. The SMILES string of the molecule is OCC1OC(Sc2cccc(Cl)c2)C(O)C(n2cc(-c3cc(F)c(F)c(F)c3)nn2)C1O. The number of hydrogen-bond donors (Lipinski definition) is 3. The second kappa shape index (κ2) is 9.38. The summed E-state index contributed by atoms with van der Waals surface area (Å²) in [5, 5.41) is 39.4. The highest BCUT2D eigenvalue weighted by Gasteiger charge is 2.46. The van der Waals surface area contributed by atoms with E-state index in [4.69, 9.17) is 16.3 Å². The van der Waals surface area contributed by atoms with Gasteiger partial charge in [-0.25, -0.2) is 17.9 Å². The van der Waals surface area contributed by atoms with E-state index in [0.29, 0.717) is 9.92 Å². The molecule has 2 aromatic carbocycles. The minimum absolute atomic E-state index is 0.00622. The normalized spacial score (nSPS) is 25.8. The van der Waals surface area contributed by atoms with Crippen LogP contribution in [0.2, 0.25) is 5.02 Å². The molecule has 0 spiro atoms. The van der Waals surface area contributed by atoms with Crippen LogP contribution in [0, 0.1) is 17.5 Å². The number of halogens is 4. The van der Waals surface area contributed by atoms with Gasteiger partial charge in [0, 0.05) is 15.5 Å². The van der Waals surface area contributed by atoms with Crippen molar-refractivity contribution >= 4 is 23.4 Å². The van der Waals surface area contributed by atoms with Crippen LogP contribution >= 0.6 is 23.4 Å². The van der Waals surface area contributed by atoms with Crippen LogP contribution in [0.3, 0.4) is 0 Å². The molecule has 1 fully saturated rings. The molecule has 3 N–H and O–H groups in total. The molecule has 1 saturated heterocycles. The lowest BCUT2D eigenvalue weighted by Gasteiger charge is -2.41. The summed E-state index contributed by atoms with van der Waals surface area (Å²) < 4.78 is 47.2. The zero-order valence-corrected chi connectivity index (χ0v) is 17.7. The number of aliphatic hydroxyl groups is 3. The summed E-state index contributed by atoms with van der Waals surface area (Å²) in [5.41, 5.74) is -0.993. The summed E-state index contributed by atoms with van der Waals surface area (Å²) in [7, 11) is 0. The van der Waals surface area contributed by atoms with Gasteiger partial charge < -0.3 is 20.1 Å². The first-order valence-corrected chi connectivity index (χ1v) is 10.7. The quantitative estimate of drug-likeness (QED) is 0.476. The number of rotatable bonds is 5. The van der Waals surface area contributed by atoms with E-state index in [0.717, 1.165) is 28.6 Å². The molecule has 12 heteroatoms. The summed E-state index contributed by atoms with van der Waals surface area (Å²) in [6.45, 7) is -0.535. The summed E-state index contributed by atoms with van der Waals surface area (Å²) in [4.78, 5) is 0.685. The number of aromatic nitrogens is 3. The zero-order chi connectivity index (χ0) is 23.0. The summed E-state index contributed by atoms with van der Waals surface area (Å²) in [6, 6.07) is 7.25. The minimum atomic E-state index is -1.61. The van der Waals surface area contributed by atoms with Gasteiger partial charge in [0.25, 0.3) is 0 Å². The Labute approximate surface area is 189 Å². The number of thioether (sulfide) groups is 1. The Hall–Kier alpha value is -2.15. The molecule has 0 saturated carbocycles. The molecule has 1 aliphatic rings. The van der Waals surface area contributed by atoms with Crippen LogP contribution in [0.5, 0.6) is 0 Å². The molecular weight excluding hydrogens is 471 g/mol. The van der Waals surface area contributed by atoms with Crippen molar-refractivity contribution in [1.29, 1.82) is 0 Å². The monoisotopic (exact) mass is 487 g/mol. The fraction of sp³-hybridized carbons (Fsp3) is 0.300. The van der Waals surface area contributed by atoms with Gasteiger partial charge in [0.1, 0.15) is 35.5 Å². The van der Waals surface area contributed by atoms with Crippen LogP contribution in [0.4, 0.5) is 13.2 Å². The van der Waals surface area contributed by atoms with Gasteiger partial charge in [0.15, 0.2) is 17.5 Å². The van der Waals surface area contributed by atoms with Gasteiger partial charge in [-0.2, -0.15) is 0 Å². The van der Waals surface area contributed by atoms with Crippen molar-refractivity contribution in [2.75, 3.05) is 6.61 Å². The second-order valence-corrected chi connectivity index (χ2v) is 8.72. The number of benzene rings is 2. The highest BCUT2D eigenvalue weighted by molar-refractivity contribution is 7.99. The van der Waals surface area contributed by atoms with Crippen molar-refractivity contribution in [2.24, 2.45) is 0 Å². The molecule has 0 bridgehead atoms. The lowest BCUT2D eigenvalue weighted by molar-refractivity contribution is -0.178. The van der Waals surface area contributed by atoms with E-state index in [9.17, 15) is 28.5 Å². The molecule has 0 radical (unpaired) electrons. The van der Waals surface area contributed by atoms with E-state index in [1.165, 1.54) is 6.20 Å². The minimum Gasteiger partial charge on any atom is -0.394 e. The van der Waals surface area contributed by atoms with Crippen LogP contribution in [0.15, 0.2) is 47.5 Å². The second-order valence-electron chi connectivity index (χ2n) is 7.11. The molecule has 170 valence electrons. The smallest absolute Gasteiger partial charge is 0.194 e. The maximum Gasteiger partial charge on any atom is 0.194 e. The lowest BCUT2D eigenvalue weighted by atomic mass is 9.97. The molecule has 0 aliphatic carbocycles. The van der Waals surface area contributed by atoms with Crippen molar-refractivity contribution in [3.8, 4) is 11.3 Å². The summed E-state index contributed by atoms with van der Waals surface area (Å²) in [5.74, 6) is -4.39. The van der Waals surface area contributed by atoms with Gasteiger partial charge in [-0.05, 0) is 30.3 Å². The Morgan fingerprint density at radius 1 is 1.09 bits per heavy atom. The van der Waals surface area contributed by atoms with Gasteiger partial charge in [0.05, 0.1) is 12.8 Å². The number of aliphatic hydroxyl groups excluding tert-OH is 3. The molecule has 0 amide bonds. The Balaban J connectivity index is 1.64. The van der Waals surface area contributed by atoms with E-state index < -0.39 is 53.8 Å². The first kappa shape index (κ1) is 23.0. The van der Waals surface area contributed by atoms with Gasteiger partial charge in [-0.1, -0.05) is 34.6 Å². The Kier molecular flexibility index (Phi) is 6.75. The van der Waals surface area contributed by atoms with E-state index in [-0.39, 0.29) is 11.3 Å². The fourth-order valence-corrected chi connectivity index (χ4v) is 4.78. The predicted octanol–water partition coefficient (Wildman–Crippen LogP) is 2.79. The third-order valence-electron chi connectivity index (χ3n) is 4.99. The fourth-order valence-electron chi connectivity index (χ4n) is 3.41. The largest absolute Gasteiger partial charge is 0.394 e. The Bertz CT molecular complexity index is 1100. The van der Waals surface area contributed by atoms with Gasteiger partial charge in [-0.3, -0.25) is 0 Å². The maximum absolute atomic E-state index is 13.6. The molecule has 1 aliphatic heterocycles.